The van der Waals surface area contributed by atoms with E-state index in [1.807, 2.05) is 0 Å². The molecule has 0 aromatic heterocycles. The summed E-state index contributed by atoms with van der Waals surface area (Å²) in [6, 6.07) is 2.34. The van der Waals surface area contributed by atoms with Crippen LogP contribution in [-0.2, 0) is 19.6 Å². The second-order valence-electron chi connectivity index (χ2n) is 6.75. The Balaban J connectivity index is 1.80. The lowest BCUT2D eigenvalue weighted by molar-refractivity contribution is -0.129. The molecule has 0 spiro atoms. The lowest BCUT2D eigenvalue weighted by Gasteiger charge is -2.39. The van der Waals surface area contributed by atoms with Gasteiger partial charge in [0.05, 0.1) is 18.3 Å². The Hall–Kier alpha value is -1.97. The van der Waals surface area contributed by atoms with Gasteiger partial charge in [0.2, 0.25) is 15.9 Å². The van der Waals surface area contributed by atoms with Crippen LogP contribution in [0.5, 0.6) is 0 Å². The molecule has 1 aromatic rings. The number of hydrogen-bond acceptors (Lipinski definition) is 6. The topological polar surface area (TPSA) is 126 Å². The number of nitrogens with zero attached hydrogens (tertiary/aromatic N) is 1. The number of ether oxygens (including phenoxy) is 1. The summed E-state index contributed by atoms with van der Waals surface area (Å²) in [4.78, 5) is 12.5. The van der Waals surface area contributed by atoms with E-state index in [2.05, 4.69) is 5.32 Å². The van der Waals surface area contributed by atoms with Crippen molar-refractivity contribution in [1.82, 2.24) is 9.62 Å². The van der Waals surface area contributed by atoms with Gasteiger partial charge in [0, 0.05) is 24.9 Å². The predicted octanol–water partition coefficient (Wildman–Crippen LogP) is 0.633. The second-order valence-corrected chi connectivity index (χ2v) is 8.61. The minimum atomic E-state index is -3.91. The maximum Gasteiger partial charge on any atom is 0.245 e. The van der Waals surface area contributed by atoms with Gasteiger partial charge in [-0.2, -0.15) is 4.31 Å². The molecular weight excluding hydrogens is 356 g/mol. The van der Waals surface area contributed by atoms with Crippen molar-refractivity contribution < 1.29 is 17.9 Å². The van der Waals surface area contributed by atoms with Crippen LogP contribution in [0.4, 0.5) is 5.69 Å². The van der Waals surface area contributed by atoms with Gasteiger partial charge in [0.1, 0.15) is 10.9 Å². The number of nitrogen functional groups attached to an aromatic ring is 1. The van der Waals surface area contributed by atoms with Crippen LogP contribution in [0.15, 0.2) is 17.0 Å². The maximum absolute atomic E-state index is 13.0. The van der Waals surface area contributed by atoms with Crippen LogP contribution < -0.4 is 11.1 Å². The van der Waals surface area contributed by atoms with Crippen molar-refractivity contribution in [3.8, 4) is 0 Å². The summed E-state index contributed by atoms with van der Waals surface area (Å²) < 4.78 is 32.6. The average Bonchev–Trinajstić information content (AvgIpc) is 2.55. The van der Waals surface area contributed by atoms with Gasteiger partial charge in [-0.3, -0.25) is 4.79 Å². The number of nitrogens with one attached hydrogen (secondary N) is 2. The minimum Gasteiger partial charge on any atom is -0.397 e. The van der Waals surface area contributed by atoms with Crippen molar-refractivity contribution >= 4 is 27.8 Å². The average molecular weight is 380 g/mol. The first kappa shape index (κ1) is 18.8. The largest absolute Gasteiger partial charge is 0.397 e. The van der Waals surface area contributed by atoms with E-state index in [0.29, 0.717) is 30.8 Å². The van der Waals surface area contributed by atoms with E-state index in [1.54, 1.807) is 13.0 Å². The highest BCUT2D eigenvalue weighted by Crippen LogP contribution is 2.32. The van der Waals surface area contributed by atoms with Crippen molar-refractivity contribution in [2.24, 2.45) is 0 Å². The summed E-state index contributed by atoms with van der Waals surface area (Å²) in [6.45, 7) is 3.17. The van der Waals surface area contributed by atoms with Crippen molar-refractivity contribution in [1.29, 1.82) is 5.41 Å². The third kappa shape index (κ3) is 3.46. The monoisotopic (exact) mass is 380 g/mol. The molecule has 0 aliphatic carbocycles. The zero-order chi connectivity index (χ0) is 18.9. The van der Waals surface area contributed by atoms with E-state index in [1.165, 1.54) is 10.4 Å². The Morgan fingerprint density at radius 2 is 2.19 bits per heavy atom. The molecule has 1 aromatic carbocycles. The Kier molecular flexibility index (Phi) is 5.31. The van der Waals surface area contributed by atoms with E-state index in [9.17, 15) is 13.2 Å². The van der Waals surface area contributed by atoms with Crippen LogP contribution in [0.25, 0.3) is 0 Å². The Bertz CT molecular complexity index is 818. The number of carbonyl (C=O) groups is 1. The third-order valence-electron chi connectivity index (χ3n) is 4.84. The molecule has 2 aliphatic heterocycles. The summed E-state index contributed by atoms with van der Waals surface area (Å²) >= 11 is 0. The number of anilines is 1. The first-order valence-corrected chi connectivity index (χ1v) is 10.1. The van der Waals surface area contributed by atoms with E-state index < -0.39 is 16.1 Å². The number of benzene rings is 1. The summed E-state index contributed by atoms with van der Waals surface area (Å²) in [7, 11) is -3.91. The van der Waals surface area contributed by atoms with E-state index in [-0.39, 0.29) is 29.1 Å². The number of carbonyl (C=O) groups excluding carboxylic acids is 1. The Labute approximate surface area is 153 Å². The molecule has 2 saturated heterocycles. The number of nitrogens with two attached hydrogens (primary N) is 1. The van der Waals surface area contributed by atoms with E-state index in [4.69, 9.17) is 15.9 Å². The molecule has 0 unspecified atom stereocenters. The number of sulfonamides is 1. The van der Waals surface area contributed by atoms with Crippen LogP contribution in [-0.4, -0.2) is 56.7 Å². The van der Waals surface area contributed by atoms with Gasteiger partial charge in [-0.1, -0.05) is 0 Å². The highest BCUT2D eigenvalue weighted by molar-refractivity contribution is 7.89. The molecule has 2 aliphatic rings. The van der Waals surface area contributed by atoms with Gasteiger partial charge in [0.15, 0.2) is 0 Å². The molecule has 4 N–H and O–H groups in total. The first-order valence-electron chi connectivity index (χ1n) is 8.65. The van der Waals surface area contributed by atoms with E-state index >= 15 is 0 Å². The van der Waals surface area contributed by atoms with Gasteiger partial charge in [-0.15, -0.1) is 0 Å². The lowest BCUT2D eigenvalue weighted by Crippen LogP contribution is -2.60. The van der Waals surface area contributed by atoms with Crippen molar-refractivity contribution in [3.63, 3.8) is 0 Å². The predicted molar refractivity (Wildman–Crippen MR) is 97.8 cm³/mol. The molecule has 0 saturated carbocycles. The van der Waals surface area contributed by atoms with Crippen molar-refractivity contribution in [2.75, 3.05) is 25.5 Å². The van der Waals surface area contributed by atoms with Crippen molar-refractivity contribution in [3.05, 3.63) is 23.3 Å². The lowest BCUT2D eigenvalue weighted by atomic mass is 10.0. The van der Waals surface area contributed by atoms with Crippen LogP contribution in [0.3, 0.4) is 0 Å². The highest BCUT2D eigenvalue weighted by atomic mass is 32.2. The fraction of sp³-hybridized carbons (Fsp3) is 0.529. The number of amides is 1. The van der Waals surface area contributed by atoms with Crippen LogP contribution in [0.1, 0.15) is 30.4 Å². The fourth-order valence-electron chi connectivity index (χ4n) is 3.32. The van der Waals surface area contributed by atoms with Crippen molar-refractivity contribution in [2.45, 2.75) is 43.2 Å². The molecule has 1 amide bonds. The number of aryl methyl sites for hydroxylation is 1. The molecule has 2 atom stereocenters. The van der Waals surface area contributed by atoms with Gasteiger partial charge in [-0.05, 0) is 43.9 Å². The SMILES string of the molecule is Cc1cc(C=N)c(N)c(S(=O)(=O)N2CC[C@H]2C(=O)N[C@H]2CCCOC2)c1. The molecule has 0 bridgehead atoms. The first-order chi connectivity index (χ1) is 12.3. The van der Waals surface area contributed by atoms with Gasteiger partial charge in [0.25, 0.3) is 0 Å². The molecule has 2 fully saturated rings. The minimum absolute atomic E-state index is 0.0392. The molecule has 8 nitrogen and oxygen atoms in total. The molecule has 0 radical (unpaired) electrons. The van der Waals surface area contributed by atoms with Gasteiger partial charge in [-0.25, -0.2) is 8.42 Å². The zero-order valence-corrected chi connectivity index (χ0v) is 15.5. The van der Waals surface area contributed by atoms with Gasteiger partial charge < -0.3 is 21.2 Å². The number of hydrogen-bond donors (Lipinski definition) is 3. The van der Waals surface area contributed by atoms with Gasteiger partial charge >= 0.3 is 0 Å². The molecule has 2 heterocycles. The fourth-order valence-corrected chi connectivity index (χ4v) is 5.18. The van der Waals surface area contributed by atoms with Crippen LogP contribution in [0, 0.1) is 12.3 Å². The normalized spacial score (nSPS) is 23.9. The third-order valence-corrected chi connectivity index (χ3v) is 6.79. The van der Waals surface area contributed by atoms with Crippen LogP contribution >= 0.6 is 0 Å². The zero-order valence-electron chi connectivity index (χ0n) is 14.7. The molecule has 26 heavy (non-hydrogen) atoms. The number of rotatable bonds is 5. The summed E-state index contributed by atoms with van der Waals surface area (Å²) in [6.07, 6.45) is 3.22. The highest BCUT2D eigenvalue weighted by Gasteiger charge is 2.44. The summed E-state index contributed by atoms with van der Waals surface area (Å²) in [5.74, 6) is -0.297. The van der Waals surface area contributed by atoms with Crippen LogP contribution in [0.2, 0.25) is 0 Å². The quantitative estimate of drug-likeness (QED) is 0.510. The molecule has 3 rings (SSSR count). The Morgan fingerprint density at radius 1 is 1.42 bits per heavy atom. The molecule has 142 valence electrons. The standard InChI is InChI=1S/C17H24N4O4S/c1-11-7-12(9-18)16(19)15(8-11)26(23,24)21-5-4-14(21)17(22)20-13-3-2-6-25-10-13/h7-9,13-14,18H,2-6,10,19H2,1H3,(H,20,22)/t13-,14-/m0/s1. The summed E-state index contributed by atoms with van der Waals surface area (Å²) in [5.41, 5.74) is 7.04. The Morgan fingerprint density at radius 3 is 2.77 bits per heavy atom. The smallest absolute Gasteiger partial charge is 0.245 e. The second kappa shape index (κ2) is 7.34. The maximum atomic E-state index is 13.0. The summed E-state index contributed by atoms with van der Waals surface area (Å²) in [5, 5.41) is 10.3. The molecule has 9 heteroatoms. The molecular formula is C17H24N4O4S. The van der Waals surface area contributed by atoms with E-state index in [0.717, 1.165) is 19.1 Å².